The monoisotopic (exact) mass is 641 g/mol. The van der Waals surface area contributed by atoms with Gasteiger partial charge < -0.3 is 32.5 Å². The van der Waals surface area contributed by atoms with Crippen molar-refractivity contribution in [3.05, 3.63) is 58.4 Å². The fourth-order valence-corrected chi connectivity index (χ4v) is 5.80. The molecule has 0 saturated carbocycles. The van der Waals surface area contributed by atoms with Crippen LogP contribution < -0.4 is 4.74 Å². The zero-order valence-corrected chi connectivity index (χ0v) is 27.1. The number of rotatable bonds is 9. The first-order chi connectivity index (χ1) is 19.6. The number of para-hydroxylation sites is 1. The summed E-state index contributed by atoms with van der Waals surface area (Å²) in [5, 5.41) is 0. The minimum Gasteiger partial charge on any atom is -0.487 e. The van der Waals surface area contributed by atoms with Gasteiger partial charge in [0.2, 0.25) is 0 Å². The molecule has 2 fully saturated rings. The topological polar surface area (TPSA) is 98.5 Å². The van der Waals surface area contributed by atoms with Crippen molar-refractivity contribution in [2.75, 3.05) is 0 Å². The molecule has 0 aliphatic carbocycles. The van der Waals surface area contributed by atoms with E-state index in [1.807, 2.05) is 85.7 Å². The van der Waals surface area contributed by atoms with E-state index in [-0.39, 0.29) is 19.0 Å². The largest absolute Gasteiger partial charge is 0.489 e. The molecule has 0 bridgehead atoms. The molecule has 224 valence electrons. The Kier molecular flexibility index (Phi) is 8.35. The number of pyridine rings is 1. The highest BCUT2D eigenvalue weighted by Gasteiger charge is 2.65. The van der Waals surface area contributed by atoms with Gasteiger partial charge in [-0.1, -0.05) is 18.2 Å². The first-order valence-corrected chi connectivity index (χ1v) is 15.0. The van der Waals surface area contributed by atoms with E-state index in [2.05, 4.69) is 20.9 Å². The van der Waals surface area contributed by atoms with Crippen molar-refractivity contribution >= 4 is 47.0 Å². The molecule has 2 aromatic heterocycles. The predicted molar refractivity (Wildman–Crippen MR) is 163 cm³/mol. The molecule has 2 aliphatic rings. The van der Waals surface area contributed by atoms with Crippen molar-refractivity contribution < 1.29 is 37.3 Å². The summed E-state index contributed by atoms with van der Waals surface area (Å²) in [4.78, 5) is 17.6. The first-order valence-electron chi connectivity index (χ1n) is 14.2. The third-order valence-corrected chi connectivity index (χ3v) is 9.25. The lowest BCUT2D eigenvalue weighted by Gasteiger charge is -2.38. The van der Waals surface area contributed by atoms with E-state index in [9.17, 15) is 4.79 Å². The molecule has 0 spiro atoms. The number of halogens is 1. The Hall–Kier alpha value is -2.37. The molecule has 1 aromatic carbocycles. The van der Waals surface area contributed by atoms with Gasteiger partial charge in [-0.3, -0.25) is 4.79 Å². The van der Waals surface area contributed by atoms with Crippen LogP contribution in [-0.2, 0) is 41.2 Å². The number of fused-ring (bicyclic) bond motifs is 1. The molecule has 2 atom stereocenters. The highest BCUT2D eigenvalue weighted by Crippen LogP contribution is 2.45. The maximum atomic E-state index is 13.0. The van der Waals surface area contributed by atoms with Crippen LogP contribution in [-0.4, -0.2) is 53.5 Å². The Labute approximate surface area is 256 Å². The molecule has 5 rings (SSSR count). The van der Waals surface area contributed by atoms with E-state index in [1.54, 1.807) is 12.3 Å². The van der Waals surface area contributed by atoms with Gasteiger partial charge in [0.25, 0.3) is 0 Å². The summed E-state index contributed by atoms with van der Waals surface area (Å²) in [6.07, 6.45) is 1.66. The minimum absolute atomic E-state index is 0.0619. The second-order valence-corrected chi connectivity index (χ2v) is 13.6. The number of aromatic nitrogens is 1. The lowest BCUT2D eigenvalue weighted by atomic mass is 9.49. The molecule has 0 radical (unpaired) electrons. The third kappa shape index (κ3) is 6.15. The van der Waals surface area contributed by atoms with Crippen molar-refractivity contribution in [2.45, 2.75) is 103 Å². The molecule has 0 N–H and O–H groups in total. The standard InChI is InChI=1S/C30H38B2BrNO8/c1-19(17-30(8)29(6,7)41-32(42-30)31-39-27(2,3)28(4,5)40-31)38-25(35)15-20-11-9-10-12-24(20)37-18-21-16-22(33)26-23(34-21)13-14-36-26/h9-14,16,19H,15,17-18H2,1-8H3. The Morgan fingerprint density at radius 2 is 1.60 bits per heavy atom. The van der Waals surface area contributed by atoms with Gasteiger partial charge >= 0.3 is 20.0 Å². The summed E-state index contributed by atoms with van der Waals surface area (Å²) in [7, 11) is -1.37. The third-order valence-electron chi connectivity index (χ3n) is 8.67. The molecule has 2 aliphatic heterocycles. The zero-order valence-electron chi connectivity index (χ0n) is 25.5. The Morgan fingerprint density at radius 1 is 0.952 bits per heavy atom. The predicted octanol–water partition coefficient (Wildman–Crippen LogP) is 6.28. The highest BCUT2D eigenvalue weighted by atomic mass is 79.9. The second-order valence-electron chi connectivity index (χ2n) is 12.8. The number of carbonyl (C=O) groups is 1. The number of nitrogens with zero attached hydrogens (tertiary/aromatic N) is 1. The smallest absolute Gasteiger partial charge is 0.487 e. The van der Waals surface area contributed by atoms with Gasteiger partial charge in [-0.25, -0.2) is 4.98 Å². The fraction of sp³-hybridized carbons (Fsp3) is 0.533. The van der Waals surface area contributed by atoms with Gasteiger partial charge in [-0.2, -0.15) is 0 Å². The number of carbonyl (C=O) groups excluding carboxylic acids is 1. The van der Waals surface area contributed by atoms with Crippen LogP contribution in [0.2, 0.25) is 0 Å². The van der Waals surface area contributed by atoms with Crippen LogP contribution in [0.5, 0.6) is 5.75 Å². The molecule has 42 heavy (non-hydrogen) atoms. The van der Waals surface area contributed by atoms with Gasteiger partial charge in [0.1, 0.15) is 24.0 Å². The summed E-state index contributed by atoms with van der Waals surface area (Å²) in [5.74, 6) is 0.236. The molecule has 12 heteroatoms. The van der Waals surface area contributed by atoms with Crippen molar-refractivity contribution in [3.8, 4) is 5.75 Å². The zero-order chi connectivity index (χ0) is 30.5. The quantitative estimate of drug-likeness (QED) is 0.198. The van der Waals surface area contributed by atoms with Crippen molar-refractivity contribution in [2.24, 2.45) is 0 Å². The molecule has 9 nitrogen and oxygen atoms in total. The molecular weight excluding hydrogens is 604 g/mol. The van der Waals surface area contributed by atoms with Crippen LogP contribution in [0.3, 0.4) is 0 Å². The number of furan rings is 1. The maximum absolute atomic E-state index is 13.0. The van der Waals surface area contributed by atoms with Crippen molar-refractivity contribution in [1.82, 2.24) is 4.98 Å². The van der Waals surface area contributed by atoms with Crippen molar-refractivity contribution in [1.29, 1.82) is 0 Å². The number of ether oxygens (including phenoxy) is 2. The summed E-state index contributed by atoms with van der Waals surface area (Å²) in [5.41, 5.74) is 0.454. The van der Waals surface area contributed by atoms with Gasteiger partial charge in [0.15, 0.2) is 5.58 Å². The van der Waals surface area contributed by atoms with E-state index >= 15 is 0 Å². The highest BCUT2D eigenvalue weighted by molar-refractivity contribution is 9.10. The van der Waals surface area contributed by atoms with E-state index < -0.39 is 42.5 Å². The number of hydrogen-bond donors (Lipinski definition) is 0. The second kappa shape index (κ2) is 11.3. The molecule has 2 saturated heterocycles. The average Bonchev–Trinajstić information content (AvgIpc) is 3.50. The Balaban J connectivity index is 1.18. The molecular formula is C30H38B2BrNO8. The van der Waals surface area contributed by atoms with E-state index in [0.29, 0.717) is 17.8 Å². The van der Waals surface area contributed by atoms with Crippen LogP contribution in [0, 0.1) is 0 Å². The van der Waals surface area contributed by atoms with E-state index in [0.717, 1.165) is 21.2 Å². The SMILES string of the molecule is CC(CC1(C)OB(B2OC(C)(C)C(C)(C)O2)OC1(C)C)OC(=O)Cc1ccccc1OCc1cc(Br)c2occc2n1. The van der Waals surface area contributed by atoms with Crippen LogP contribution in [0.15, 0.2) is 51.6 Å². The summed E-state index contributed by atoms with van der Waals surface area (Å²) in [6, 6.07) is 11.1. The molecule has 4 heterocycles. The normalized spacial score (nSPS) is 23.4. The molecule has 0 amide bonds. The lowest BCUT2D eigenvalue weighted by Crippen LogP contribution is -2.47. The summed E-state index contributed by atoms with van der Waals surface area (Å²) < 4.78 is 43.2. The lowest BCUT2D eigenvalue weighted by molar-refractivity contribution is -0.151. The maximum Gasteiger partial charge on any atom is 0.489 e. The fourth-order valence-electron chi connectivity index (χ4n) is 5.24. The number of esters is 1. The Morgan fingerprint density at radius 3 is 2.31 bits per heavy atom. The number of benzene rings is 1. The van der Waals surface area contributed by atoms with Crippen LogP contribution >= 0.6 is 15.9 Å². The van der Waals surface area contributed by atoms with Crippen LogP contribution in [0.1, 0.15) is 73.1 Å². The number of hydrogen-bond acceptors (Lipinski definition) is 9. The summed E-state index contributed by atoms with van der Waals surface area (Å²) in [6.45, 7) is 16.0. The van der Waals surface area contributed by atoms with Crippen LogP contribution in [0.4, 0.5) is 0 Å². The average molecular weight is 642 g/mol. The van der Waals surface area contributed by atoms with Gasteiger partial charge in [0, 0.05) is 18.1 Å². The summed E-state index contributed by atoms with van der Waals surface area (Å²) >= 11 is 3.51. The van der Waals surface area contributed by atoms with Gasteiger partial charge in [-0.05, 0) is 83.5 Å². The van der Waals surface area contributed by atoms with E-state index in [4.69, 9.17) is 32.5 Å². The van der Waals surface area contributed by atoms with E-state index in [1.165, 1.54) is 0 Å². The van der Waals surface area contributed by atoms with Gasteiger partial charge in [-0.15, -0.1) is 0 Å². The first kappa shape index (κ1) is 31.1. The molecule has 3 aromatic rings. The van der Waals surface area contributed by atoms with Crippen molar-refractivity contribution in [3.63, 3.8) is 0 Å². The van der Waals surface area contributed by atoms with Crippen LogP contribution in [0.25, 0.3) is 11.1 Å². The van der Waals surface area contributed by atoms with Gasteiger partial charge in [0.05, 0.1) is 45.3 Å². The Bertz CT molecular complexity index is 1440. The minimum atomic E-state index is -0.751. The molecule has 2 unspecified atom stereocenters.